The van der Waals surface area contributed by atoms with E-state index in [2.05, 4.69) is 18.4 Å². The van der Waals surface area contributed by atoms with Crippen molar-refractivity contribution in [2.45, 2.75) is 13.8 Å². The summed E-state index contributed by atoms with van der Waals surface area (Å²) in [5.41, 5.74) is 1.09. The molecule has 0 fully saturated rings. The third kappa shape index (κ3) is 3.24. The van der Waals surface area contributed by atoms with Crippen molar-refractivity contribution < 1.29 is 0 Å². The highest BCUT2D eigenvalue weighted by Crippen LogP contribution is 1.85. The summed E-state index contributed by atoms with van der Waals surface area (Å²) in [5.74, 6) is 5.62. The second kappa shape index (κ2) is 4.21. The monoisotopic (exact) mass is 106 g/mol. The van der Waals surface area contributed by atoms with Gasteiger partial charge in [-0.3, -0.25) is 0 Å². The zero-order valence-electron chi connectivity index (χ0n) is 5.36. The maximum Gasteiger partial charge on any atom is -0.00499 e. The van der Waals surface area contributed by atoms with Crippen LogP contribution in [0.1, 0.15) is 13.8 Å². The number of rotatable bonds is 0. The third-order valence-corrected chi connectivity index (χ3v) is 0.804. The SMILES string of the molecule is C=CC#C/C(C)=C/C. The van der Waals surface area contributed by atoms with Gasteiger partial charge in [0.25, 0.3) is 0 Å². The van der Waals surface area contributed by atoms with Crippen LogP contribution in [0.25, 0.3) is 0 Å². The Balaban J connectivity index is 3.88. The molecule has 0 saturated carbocycles. The van der Waals surface area contributed by atoms with E-state index in [0.717, 1.165) is 5.57 Å². The fourth-order valence-electron chi connectivity index (χ4n) is 0.237. The average molecular weight is 106 g/mol. The molecule has 0 unspecified atom stereocenters. The molecule has 0 aliphatic rings. The molecule has 0 aliphatic heterocycles. The Morgan fingerprint density at radius 2 is 2.25 bits per heavy atom. The van der Waals surface area contributed by atoms with Crippen molar-refractivity contribution in [3.63, 3.8) is 0 Å². The van der Waals surface area contributed by atoms with E-state index in [9.17, 15) is 0 Å². The van der Waals surface area contributed by atoms with Gasteiger partial charge in [-0.1, -0.05) is 24.5 Å². The van der Waals surface area contributed by atoms with Crippen molar-refractivity contribution >= 4 is 0 Å². The summed E-state index contributed by atoms with van der Waals surface area (Å²) in [6.07, 6.45) is 3.56. The van der Waals surface area contributed by atoms with Crippen LogP contribution in [-0.2, 0) is 0 Å². The molecule has 0 saturated heterocycles. The molecule has 8 heavy (non-hydrogen) atoms. The number of hydrogen-bond donors (Lipinski definition) is 0. The van der Waals surface area contributed by atoms with Crippen LogP contribution in [-0.4, -0.2) is 0 Å². The summed E-state index contributed by atoms with van der Waals surface area (Å²) in [6, 6.07) is 0. The second-order valence-electron chi connectivity index (χ2n) is 1.45. The smallest absolute Gasteiger partial charge is 0.00499 e. The molecule has 0 nitrogen and oxygen atoms in total. The van der Waals surface area contributed by atoms with E-state index >= 15 is 0 Å². The lowest BCUT2D eigenvalue weighted by atomic mass is 10.3. The van der Waals surface area contributed by atoms with E-state index < -0.39 is 0 Å². The standard InChI is InChI=1S/C8H10/c1-4-6-7-8(3)5-2/h4-5H,1H2,2-3H3/b8-5+. The Hall–Kier alpha value is -0.960. The fraction of sp³-hybridized carbons (Fsp3) is 0.250. The molecule has 0 rings (SSSR count). The Bertz CT molecular complexity index is 151. The third-order valence-electron chi connectivity index (χ3n) is 0.804. The zero-order valence-corrected chi connectivity index (χ0v) is 5.36. The van der Waals surface area contributed by atoms with Crippen LogP contribution >= 0.6 is 0 Å². The van der Waals surface area contributed by atoms with Crippen LogP contribution in [0.15, 0.2) is 24.3 Å². The van der Waals surface area contributed by atoms with E-state index in [1.54, 1.807) is 6.08 Å². The first-order valence-electron chi connectivity index (χ1n) is 2.56. The Kier molecular flexibility index (Phi) is 3.70. The van der Waals surface area contributed by atoms with Crippen molar-refractivity contribution in [1.29, 1.82) is 0 Å². The molecule has 0 aromatic heterocycles. The largest absolute Gasteiger partial charge is 0.0906 e. The van der Waals surface area contributed by atoms with Gasteiger partial charge < -0.3 is 0 Å². The van der Waals surface area contributed by atoms with Crippen molar-refractivity contribution in [3.05, 3.63) is 24.3 Å². The maximum absolute atomic E-state index is 3.47. The van der Waals surface area contributed by atoms with Crippen molar-refractivity contribution in [2.75, 3.05) is 0 Å². The normalized spacial score (nSPS) is 9.50. The highest BCUT2D eigenvalue weighted by Gasteiger charge is 1.69. The van der Waals surface area contributed by atoms with Crippen molar-refractivity contribution in [2.24, 2.45) is 0 Å². The second-order valence-corrected chi connectivity index (χ2v) is 1.45. The molecule has 0 heterocycles. The van der Waals surface area contributed by atoms with Crippen molar-refractivity contribution in [3.8, 4) is 11.8 Å². The van der Waals surface area contributed by atoms with Crippen LogP contribution in [0.3, 0.4) is 0 Å². The first-order valence-corrected chi connectivity index (χ1v) is 2.56. The summed E-state index contributed by atoms with van der Waals surface area (Å²) in [4.78, 5) is 0. The van der Waals surface area contributed by atoms with Crippen LogP contribution in [0.5, 0.6) is 0 Å². The molecular formula is C8H10. The highest BCUT2D eigenvalue weighted by atomic mass is 13.7. The molecule has 0 aromatic rings. The predicted octanol–water partition coefficient (Wildman–Crippen LogP) is 2.14. The van der Waals surface area contributed by atoms with Gasteiger partial charge in [0.2, 0.25) is 0 Å². The van der Waals surface area contributed by atoms with E-state index in [0.29, 0.717) is 0 Å². The summed E-state index contributed by atoms with van der Waals surface area (Å²) in [7, 11) is 0. The Morgan fingerprint density at radius 3 is 2.62 bits per heavy atom. The molecule has 0 N–H and O–H groups in total. The predicted molar refractivity (Wildman–Crippen MR) is 37.4 cm³/mol. The molecule has 0 aliphatic carbocycles. The van der Waals surface area contributed by atoms with Gasteiger partial charge in [0.1, 0.15) is 0 Å². The molecule has 0 radical (unpaired) electrons. The van der Waals surface area contributed by atoms with Gasteiger partial charge in [-0.15, -0.1) is 0 Å². The molecule has 0 spiro atoms. The van der Waals surface area contributed by atoms with Gasteiger partial charge in [-0.2, -0.15) is 0 Å². The zero-order chi connectivity index (χ0) is 6.41. The van der Waals surface area contributed by atoms with Crippen molar-refractivity contribution in [1.82, 2.24) is 0 Å². The van der Waals surface area contributed by atoms with Gasteiger partial charge in [0.05, 0.1) is 0 Å². The van der Waals surface area contributed by atoms with E-state index in [-0.39, 0.29) is 0 Å². The molecule has 0 atom stereocenters. The summed E-state index contributed by atoms with van der Waals surface area (Å²) < 4.78 is 0. The summed E-state index contributed by atoms with van der Waals surface area (Å²) in [6.45, 7) is 7.40. The van der Waals surface area contributed by atoms with E-state index in [1.165, 1.54) is 0 Å². The topological polar surface area (TPSA) is 0 Å². The van der Waals surface area contributed by atoms with Gasteiger partial charge in [0.15, 0.2) is 0 Å². The van der Waals surface area contributed by atoms with Crippen LogP contribution in [0, 0.1) is 11.8 Å². The van der Waals surface area contributed by atoms with Crippen LogP contribution in [0.4, 0.5) is 0 Å². The number of hydrogen-bond acceptors (Lipinski definition) is 0. The Labute approximate surface area is 50.9 Å². The molecule has 0 heteroatoms. The lowest BCUT2D eigenvalue weighted by Crippen LogP contribution is -1.62. The lowest BCUT2D eigenvalue weighted by molar-refractivity contribution is 1.52. The molecule has 0 amide bonds. The first kappa shape index (κ1) is 7.04. The molecular weight excluding hydrogens is 96.1 g/mol. The van der Waals surface area contributed by atoms with E-state index in [4.69, 9.17) is 0 Å². The van der Waals surface area contributed by atoms with Gasteiger partial charge >= 0.3 is 0 Å². The quantitative estimate of drug-likeness (QED) is 0.415. The molecule has 42 valence electrons. The first-order chi connectivity index (χ1) is 3.81. The summed E-state index contributed by atoms with van der Waals surface area (Å²) >= 11 is 0. The fourth-order valence-corrected chi connectivity index (χ4v) is 0.237. The van der Waals surface area contributed by atoms with E-state index in [1.807, 2.05) is 19.9 Å². The lowest BCUT2D eigenvalue weighted by Gasteiger charge is -1.76. The molecule has 0 aromatic carbocycles. The maximum atomic E-state index is 3.47. The highest BCUT2D eigenvalue weighted by molar-refractivity contribution is 5.29. The van der Waals surface area contributed by atoms with Crippen LogP contribution in [0.2, 0.25) is 0 Å². The summed E-state index contributed by atoms with van der Waals surface area (Å²) in [5, 5.41) is 0. The number of allylic oxidation sites excluding steroid dienone is 3. The van der Waals surface area contributed by atoms with Gasteiger partial charge in [-0.05, 0) is 25.5 Å². The minimum atomic E-state index is 1.09. The van der Waals surface area contributed by atoms with Gasteiger partial charge in [0, 0.05) is 0 Å². The van der Waals surface area contributed by atoms with Gasteiger partial charge in [-0.25, -0.2) is 0 Å². The minimum Gasteiger partial charge on any atom is -0.0906 e. The Morgan fingerprint density at radius 1 is 1.62 bits per heavy atom. The van der Waals surface area contributed by atoms with Crippen LogP contribution < -0.4 is 0 Å². The average Bonchev–Trinajstić information content (AvgIpc) is 1.83. The molecule has 0 bridgehead atoms. The minimum absolute atomic E-state index is 1.09.